The van der Waals surface area contributed by atoms with Crippen molar-refractivity contribution in [2.24, 2.45) is 7.05 Å². The monoisotopic (exact) mass is 412 g/mol. The highest BCUT2D eigenvalue weighted by molar-refractivity contribution is 5.85. The zero-order valence-corrected chi connectivity index (χ0v) is 16.9. The van der Waals surface area contributed by atoms with Crippen molar-refractivity contribution >= 4 is 23.9 Å². The number of imidazole rings is 1. The fraction of sp³-hybridized carbons (Fsp3) is 0.316. The maximum Gasteiger partial charge on any atom is 0.158 e. The number of halogens is 1. The Morgan fingerprint density at radius 3 is 2.69 bits per heavy atom. The molecule has 9 nitrogen and oxygen atoms in total. The van der Waals surface area contributed by atoms with Crippen LogP contribution < -0.4 is 10.6 Å². The number of aryl methyl sites for hydroxylation is 1. The van der Waals surface area contributed by atoms with Crippen LogP contribution in [-0.2, 0) is 7.05 Å². The van der Waals surface area contributed by atoms with Crippen LogP contribution >= 0.6 is 12.4 Å². The van der Waals surface area contributed by atoms with Gasteiger partial charge in [0, 0.05) is 32.5 Å². The van der Waals surface area contributed by atoms with Crippen molar-refractivity contribution in [3.05, 3.63) is 36.4 Å². The standard InChI is InChI=1S/C19H20N8O.ClH/c1-19(28)3-5-27(11-19)16-10-22-9-15(24-16)17-12(8-20)13(21)7-14(25-17)18-23-4-6-26(18)2;/h4,6-7,9-10,28H,3,5,11H2,1-2H3,(H2,21,25);1H. The average Bonchev–Trinajstić information content (AvgIpc) is 3.26. The van der Waals surface area contributed by atoms with Crippen molar-refractivity contribution in [2.75, 3.05) is 23.7 Å². The van der Waals surface area contributed by atoms with Crippen LogP contribution in [0.15, 0.2) is 30.9 Å². The van der Waals surface area contributed by atoms with Gasteiger partial charge in [0.05, 0.1) is 23.7 Å². The zero-order valence-electron chi connectivity index (χ0n) is 16.1. The number of hydrogen-bond acceptors (Lipinski definition) is 8. The summed E-state index contributed by atoms with van der Waals surface area (Å²) in [5, 5.41) is 19.8. The number of hydrogen-bond donors (Lipinski definition) is 2. The van der Waals surface area contributed by atoms with E-state index in [4.69, 9.17) is 5.73 Å². The molecular formula is C19H21ClN8O. The third-order valence-electron chi connectivity index (χ3n) is 4.85. The first kappa shape index (κ1) is 20.5. The lowest BCUT2D eigenvalue weighted by atomic mass is 10.1. The van der Waals surface area contributed by atoms with Gasteiger partial charge in [-0.1, -0.05) is 0 Å². The number of pyridine rings is 1. The fourth-order valence-electron chi connectivity index (χ4n) is 3.36. The molecule has 4 rings (SSSR count). The summed E-state index contributed by atoms with van der Waals surface area (Å²) < 4.78 is 1.83. The Kier molecular flexibility index (Phi) is 5.42. The minimum Gasteiger partial charge on any atom is -0.398 e. The molecule has 0 amide bonds. The van der Waals surface area contributed by atoms with Crippen LogP contribution in [0.2, 0.25) is 0 Å². The van der Waals surface area contributed by atoms with Crippen molar-refractivity contribution in [3.8, 4) is 29.0 Å². The van der Waals surface area contributed by atoms with Gasteiger partial charge in [0.2, 0.25) is 0 Å². The van der Waals surface area contributed by atoms with Crippen molar-refractivity contribution in [1.29, 1.82) is 5.26 Å². The highest BCUT2D eigenvalue weighted by Gasteiger charge is 2.32. The van der Waals surface area contributed by atoms with E-state index in [1.54, 1.807) is 31.6 Å². The molecule has 0 aliphatic carbocycles. The van der Waals surface area contributed by atoms with Gasteiger partial charge in [0.25, 0.3) is 0 Å². The summed E-state index contributed by atoms with van der Waals surface area (Å²) in [6.45, 7) is 2.95. The SMILES string of the molecule is Cl.Cn1ccnc1-c1cc(N)c(C#N)c(-c2cncc(N3CCC(C)(O)C3)n2)n1. The average molecular weight is 413 g/mol. The molecule has 0 saturated carbocycles. The van der Waals surface area contributed by atoms with Gasteiger partial charge in [-0.15, -0.1) is 12.4 Å². The number of nitrogens with zero attached hydrogens (tertiary/aromatic N) is 7. The van der Waals surface area contributed by atoms with Gasteiger partial charge >= 0.3 is 0 Å². The van der Waals surface area contributed by atoms with Crippen LogP contribution in [-0.4, -0.2) is 48.3 Å². The predicted octanol–water partition coefficient (Wildman–Crippen LogP) is 1.78. The summed E-state index contributed by atoms with van der Waals surface area (Å²) in [5.41, 5.74) is 7.29. The third kappa shape index (κ3) is 3.85. The normalized spacial score (nSPS) is 18.3. The summed E-state index contributed by atoms with van der Waals surface area (Å²) in [6.07, 6.45) is 7.34. The van der Waals surface area contributed by atoms with Crippen molar-refractivity contribution in [3.63, 3.8) is 0 Å². The number of β-amino-alcohol motifs (C(OH)–C–C–N with tert-alkyl or cyclic N) is 1. The van der Waals surface area contributed by atoms with Gasteiger partial charge in [0.15, 0.2) is 5.82 Å². The summed E-state index contributed by atoms with van der Waals surface area (Å²) in [6, 6.07) is 3.75. The van der Waals surface area contributed by atoms with Crippen molar-refractivity contribution < 1.29 is 5.11 Å². The molecule has 0 aromatic carbocycles. The van der Waals surface area contributed by atoms with Crippen LogP contribution in [0.3, 0.4) is 0 Å². The van der Waals surface area contributed by atoms with Crippen LogP contribution in [0, 0.1) is 11.3 Å². The minimum atomic E-state index is -0.754. The Morgan fingerprint density at radius 2 is 2.07 bits per heavy atom. The molecule has 1 fully saturated rings. The smallest absolute Gasteiger partial charge is 0.158 e. The maximum atomic E-state index is 10.2. The molecule has 1 atom stereocenters. The lowest BCUT2D eigenvalue weighted by Crippen LogP contribution is -2.30. The lowest BCUT2D eigenvalue weighted by molar-refractivity contribution is 0.0839. The first-order valence-corrected chi connectivity index (χ1v) is 8.86. The molecule has 150 valence electrons. The van der Waals surface area contributed by atoms with Gasteiger partial charge in [-0.3, -0.25) is 4.98 Å². The van der Waals surface area contributed by atoms with E-state index in [2.05, 4.69) is 26.0 Å². The minimum absolute atomic E-state index is 0. The number of nitrogens with two attached hydrogens (primary N) is 1. The molecule has 0 spiro atoms. The second-order valence-electron chi connectivity index (χ2n) is 7.22. The maximum absolute atomic E-state index is 10.2. The van der Waals surface area contributed by atoms with E-state index >= 15 is 0 Å². The van der Waals surface area contributed by atoms with E-state index in [-0.39, 0.29) is 18.0 Å². The number of nitrogen functional groups attached to an aromatic ring is 1. The second kappa shape index (κ2) is 7.66. The van der Waals surface area contributed by atoms with Crippen LogP contribution in [0.5, 0.6) is 0 Å². The molecule has 4 heterocycles. The molecule has 10 heteroatoms. The van der Waals surface area contributed by atoms with E-state index in [9.17, 15) is 10.4 Å². The van der Waals surface area contributed by atoms with E-state index in [0.717, 1.165) is 0 Å². The summed E-state index contributed by atoms with van der Waals surface area (Å²) >= 11 is 0. The third-order valence-corrected chi connectivity index (χ3v) is 4.85. The van der Waals surface area contributed by atoms with Crippen LogP contribution in [0.25, 0.3) is 22.9 Å². The van der Waals surface area contributed by atoms with Crippen molar-refractivity contribution in [1.82, 2.24) is 24.5 Å². The van der Waals surface area contributed by atoms with Gasteiger partial charge in [0.1, 0.15) is 34.5 Å². The molecular weight excluding hydrogens is 392 g/mol. The number of nitriles is 1. The molecule has 1 saturated heterocycles. The van der Waals surface area contributed by atoms with E-state index < -0.39 is 5.60 Å². The van der Waals surface area contributed by atoms with E-state index in [1.165, 1.54) is 0 Å². The first-order valence-electron chi connectivity index (χ1n) is 8.86. The van der Waals surface area contributed by atoms with E-state index in [1.807, 2.05) is 22.7 Å². The summed E-state index contributed by atoms with van der Waals surface area (Å²) in [7, 11) is 1.86. The molecule has 1 aliphatic rings. The Labute approximate surface area is 174 Å². The second-order valence-corrected chi connectivity index (χ2v) is 7.22. The van der Waals surface area contributed by atoms with E-state index in [0.29, 0.717) is 53.9 Å². The van der Waals surface area contributed by atoms with Gasteiger partial charge in [-0.25, -0.2) is 15.0 Å². The molecule has 3 aromatic rings. The number of rotatable bonds is 3. The van der Waals surface area contributed by atoms with Gasteiger partial charge < -0.3 is 20.3 Å². The molecule has 0 bridgehead atoms. The fourth-order valence-corrected chi connectivity index (χ4v) is 3.36. The zero-order chi connectivity index (χ0) is 19.9. The largest absolute Gasteiger partial charge is 0.398 e. The molecule has 29 heavy (non-hydrogen) atoms. The molecule has 3 N–H and O–H groups in total. The summed E-state index contributed by atoms with van der Waals surface area (Å²) in [5.74, 6) is 1.26. The Morgan fingerprint density at radius 1 is 1.28 bits per heavy atom. The molecule has 0 radical (unpaired) electrons. The molecule has 3 aromatic heterocycles. The Balaban J connectivity index is 0.00000240. The Bertz CT molecular complexity index is 1090. The number of aliphatic hydroxyl groups is 1. The predicted molar refractivity (Wildman–Crippen MR) is 111 cm³/mol. The highest BCUT2D eigenvalue weighted by Crippen LogP contribution is 2.30. The first-order chi connectivity index (χ1) is 13.4. The van der Waals surface area contributed by atoms with Crippen LogP contribution in [0.1, 0.15) is 18.9 Å². The quantitative estimate of drug-likeness (QED) is 0.665. The number of aromatic nitrogens is 5. The van der Waals surface area contributed by atoms with Gasteiger partial charge in [-0.2, -0.15) is 5.26 Å². The highest BCUT2D eigenvalue weighted by atomic mass is 35.5. The van der Waals surface area contributed by atoms with Gasteiger partial charge in [-0.05, 0) is 19.4 Å². The topological polar surface area (TPSA) is 130 Å². The van der Waals surface area contributed by atoms with Crippen molar-refractivity contribution in [2.45, 2.75) is 18.9 Å². The summed E-state index contributed by atoms with van der Waals surface area (Å²) in [4.78, 5) is 19.8. The lowest BCUT2D eigenvalue weighted by Gasteiger charge is -2.20. The molecule has 1 unspecified atom stereocenters. The van der Waals surface area contributed by atoms with Crippen LogP contribution in [0.4, 0.5) is 11.5 Å². The molecule has 1 aliphatic heterocycles. The number of anilines is 2. The Hall–Kier alpha value is -3.22.